The summed E-state index contributed by atoms with van der Waals surface area (Å²) in [5.41, 5.74) is 2.29. The third-order valence-corrected chi connectivity index (χ3v) is 2.65. The van der Waals surface area contributed by atoms with Gasteiger partial charge in [0.2, 0.25) is 0 Å². The number of halogens is 1. The number of rotatable bonds is 2. The van der Waals surface area contributed by atoms with Crippen LogP contribution in [0, 0.1) is 12.7 Å². The molecule has 0 aromatic heterocycles. The Labute approximate surface area is 98.3 Å². The normalized spacial score (nSPS) is 10.2. The lowest BCUT2D eigenvalue weighted by atomic mass is 9.96. The molecule has 17 heavy (non-hydrogen) atoms. The molecular formula is C14H11FO2. The molecule has 2 rings (SSSR count). The summed E-state index contributed by atoms with van der Waals surface area (Å²) in [5, 5.41) is 9.08. The molecule has 3 heteroatoms. The minimum absolute atomic E-state index is 0.0145. The summed E-state index contributed by atoms with van der Waals surface area (Å²) < 4.78 is 13.1. The van der Waals surface area contributed by atoms with Gasteiger partial charge >= 0.3 is 5.97 Å². The summed E-state index contributed by atoms with van der Waals surface area (Å²) in [6, 6.07) is 11.2. The van der Waals surface area contributed by atoms with E-state index >= 15 is 0 Å². The number of benzene rings is 2. The Bertz CT molecular complexity index is 576. The molecule has 0 saturated heterocycles. The molecule has 0 heterocycles. The van der Waals surface area contributed by atoms with Crippen LogP contribution in [0.2, 0.25) is 0 Å². The number of carboxylic acid groups (broad SMARTS) is 1. The molecule has 0 unspecified atom stereocenters. The average molecular weight is 230 g/mol. The summed E-state index contributed by atoms with van der Waals surface area (Å²) in [6.45, 7) is 1.89. The first-order chi connectivity index (χ1) is 8.09. The van der Waals surface area contributed by atoms with Gasteiger partial charge in [0.25, 0.3) is 0 Å². The quantitative estimate of drug-likeness (QED) is 0.857. The molecule has 2 aromatic carbocycles. The van der Waals surface area contributed by atoms with Gasteiger partial charge in [-0.15, -0.1) is 0 Å². The van der Waals surface area contributed by atoms with Crippen LogP contribution in [0.1, 0.15) is 15.9 Å². The second-order valence-corrected chi connectivity index (χ2v) is 3.81. The monoisotopic (exact) mass is 230 g/mol. The smallest absolute Gasteiger partial charge is 0.336 e. The Hall–Kier alpha value is -2.16. The van der Waals surface area contributed by atoms with Crippen molar-refractivity contribution in [2.24, 2.45) is 0 Å². The lowest BCUT2D eigenvalue weighted by molar-refractivity contribution is 0.0697. The van der Waals surface area contributed by atoms with Crippen molar-refractivity contribution in [1.82, 2.24) is 0 Å². The van der Waals surface area contributed by atoms with Gasteiger partial charge < -0.3 is 5.11 Å². The fourth-order valence-electron chi connectivity index (χ4n) is 1.80. The predicted octanol–water partition coefficient (Wildman–Crippen LogP) is 3.50. The van der Waals surface area contributed by atoms with Gasteiger partial charge in [-0.3, -0.25) is 0 Å². The van der Waals surface area contributed by atoms with Crippen LogP contribution in [-0.4, -0.2) is 11.1 Å². The number of carboxylic acids is 1. The van der Waals surface area contributed by atoms with Crippen LogP contribution in [0.25, 0.3) is 11.1 Å². The number of hydrogen-bond acceptors (Lipinski definition) is 1. The van der Waals surface area contributed by atoms with Crippen molar-refractivity contribution in [3.05, 3.63) is 59.4 Å². The van der Waals surface area contributed by atoms with Crippen molar-refractivity contribution in [2.45, 2.75) is 6.92 Å². The lowest BCUT2D eigenvalue weighted by Gasteiger charge is -2.09. The van der Waals surface area contributed by atoms with E-state index in [-0.39, 0.29) is 5.56 Å². The topological polar surface area (TPSA) is 37.3 Å². The van der Waals surface area contributed by atoms with Gasteiger partial charge in [-0.1, -0.05) is 30.3 Å². The molecular weight excluding hydrogens is 219 g/mol. The van der Waals surface area contributed by atoms with Gasteiger partial charge in [-0.25, -0.2) is 9.18 Å². The number of carbonyl (C=O) groups is 1. The molecule has 0 spiro atoms. The van der Waals surface area contributed by atoms with E-state index in [4.69, 9.17) is 5.11 Å². The molecule has 86 valence electrons. The Morgan fingerprint density at radius 3 is 2.47 bits per heavy atom. The van der Waals surface area contributed by atoms with Crippen molar-refractivity contribution < 1.29 is 14.3 Å². The van der Waals surface area contributed by atoms with Gasteiger partial charge in [0.1, 0.15) is 5.82 Å². The first kappa shape index (κ1) is 11.3. The Kier molecular flexibility index (Phi) is 2.91. The van der Waals surface area contributed by atoms with Crippen LogP contribution in [0.15, 0.2) is 42.5 Å². The maximum absolute atomic E-state index is 13.1. The number of aryl methyl sites for hydroxylation is 1. The molecule has 0 aliphatic carbocycles. The van der Waals surface area contributed by atoms with E-state index in [0.717, 1.165) is 17.2 Å². The van der Waals surface area contributed by atoms with E-state index in [1.54, 1.807) is 0 Å². The molecule has 0 bridgehead atoms. The van der Waals surface area contributed by atoms with Crippen molar-refractivity contribution in [3.63, 3.8) is 0 Å². The molecule has 0 atom stereocenters. The zero-order valence-corrected chi connectivity index (χ0v) is 9.27. The summed E-state index contributed by atoms with van der Waals surface area (Å²) in [5.74, 6) is -1.66. The van der Waals surface area contributed by atoms with Gasteiger partial charge in [0, 0.05) is 0 Å². The zero-order chi connectivity index (χ0) is 12.4. The molecule has 1 N–H and O–H groups in total. The second kappa shape index (κ2) is 4.37. The third kappa shape index (κ3) is 2.18. The van der Waals surface area contributed by atoms with Gasteiger partial charge in [-0.2, -0.15) is 0 Å². The minimum Gasteiger partial charge on any atom is -0.478 e. The first-order valence-corrected chi connectivity index (χ1v) is 5.18. The van der Waals surface area contributed by atoms with Crippen LogP contribution in [-0.2, 0) is 0 Å². The van der Waals surface area contributed by atoms with Crippen molar-refractivity contribution >= 4 is 5.97 Å². The molecule has 2 nitrogen and oxygen atoms in total. The van der Waals surface area contributed by atoms with Gasteiger partial charge in [0.15, 0.2) is 0 Å². The van der Waals surface area contributed by atoms with E-state index in [2.05, 4.69) is 0 Å². The van der Waals surface area contributed by atoms with Crippen molar-refractivity contribution in [3.8, 4) is 11.1 Å². The fourth-order valence-corrected chi connectivity index (χ4v) is 1.80. The highest BCUT2D eigenvalue weighted by molar-refractivity contribution is 5.96. The van der Waals surface area contributed by atoms with Crippen molar-refractivity contribution in [2.75, 3.05) is 0 Å². The summed E-state index contributed by atoms with van der Waals surface area (Å²) in [6.07, 6.45) is 0. The zero-order valence-electron chi connectivity index (χ0n) is 9.27. The Morgan fingerprint density at radius 1 is 1.12 bits per heavy atom. The molecule has 0 amide bonds. The molecule has 2 aromatic rings. The van der Waals surface area contributed by atoms with E-state index < -0.39 is 11.8 Å². The summed E-state index contributed by atoms with van der Waals surface area (Å²) in [4.78, 5) is 11.1. The molecule has 0 aliphatic rings. The highest BCUT2D eigenvalue weighted by Gasteiger charge is 2.13. The number of aromatic carboxylic acids is 1. The third-order valence-electron chi connectivity index (χ3n) is 2.65. The minimum atomic E-state index is -1.12. The van der Waals surface area contributed by atoms with E-state index in [0.29, 0.717) is 5.56 Å². The highest BCUT2D eigenvalue weighted by atomic mass is 19.1. The molecule has 0 fully saturated rings. The van der Waals surface area contributed by atoms with Crippen LogP contribution in [0.3, 0.4) is 0 Å². The van der Waals surface area contributed by atoms with Crippen LogP contribution >= 0.6 is 0 Å². The Balaban J connectivity index is 2.68. The van der Waals surface area contributed by atoms with Crippen LogP contribution < -0.4 is 0 Å². The maximum atomic E-state index is 13.1. The Morgan fingerprint density at radius 2 is 1.82 bits per heavy atom. The van der Waals surface area contributed by atoms with Gasteiger partial charge in [-0.05, 0) is 35.7 Å². The summed E-state index contributed by atoms with van der Waals surface area (Å²) in [7, 11) is 0. The van der Waals surface area contributed by atoms with Gasteiger partial charge in [0.05, 0.1) is 5.56 Å². The SMILES string of the molecule is Cc1ccccc1-c1ccc(F)cc1C(=O)O. The molecule has 0 radical (unpaired) electrons. The van der Waals surface area contributed by atoms with Crippen LogP contribution in [0.5, 0.6) is 0 Å². The second-order valence-electron chi connectivity index (χ2n) is 3.81. The van der Waals surface area contributed by atoms with Crippen LogP contribution in [0.4, 0.5) is 4.39 Å². The van der Waals surface area contributed by atoms with E-state index in [1.807, 2.05) is 31.2 Å². The highest BCUT2D eigenvalue weighted by Crippen LogP contribution is 2.27. The average Bonchev–Trinajstić information content (AvgIpc) is 2.30. The van der Waals surface area contributed by atoms with E-state index in [1.165, 1.54) is 12.1 Å². The predicted molar refractivity (Wildman–Crippen MR) is 63.5 cm³/mol. The molecule has 0 aliphatic heterocycles. The largest absolute Gasteiger partial charge is 0.478 e. The van der Waals surface area contributed by atoms with E-state index in [9.17, 15) is 9.18 Å². The number of hydrogen-bond donors (Lipinski definition) is 1. The lowest BCUT2D eigenvalue weighted by Crippen LogP contribution is -2.01. The summed E-state index contributed by atoms with van der Waals surface area (Å²) >= 11 is 0. The first-order valence-electron chi connectivity index (χ1n) is 5.18. The molecule has 0 saturated carbocycles. The standard InChI is InChI=1S/C14H11FO2/c1-9-4-2-3-5-11(9)12-7-6-10(15)8-13(12)14(16)17/h2-8H,1H3,(H,16,17). The fraction of sp³-hybridized carbons (Fsp3) is 0.0714. The maximum Gasteiger partial charge on any atom is 0.336 e. The van der Waals surface area contributed by atoms with Crippen molar-refractivity contribution in [1.29, 1.82) is 0 Å².